The van der Waals surface area contributed by atoms with Gasteiger partial charge in [-0.3, -0.25) is 14.4 Å². The molecule has 0 saturated carbocycles. The first kappa shape index (κ1) is 19.9. The molecule has 4 N–H and O–H groups in total. The van der Waals surface area contributed by atoms with E-state index in [1.54, 1.807) is 48.5 Å². The maximum Gasteiger partial charge on any atom is 0.329 e. The number of hydrazone groups is 1. The van der Waals surface area contributed by atoms with Crippen LogP contribution in [0.2, 0.25) is 5.02 Å². The minimum atomic E-state index is -0.921. The van der Waals surface area contributed by atoms with Crippen LogP contribution in [0.3, 0.4) is 0 Å². The van der Waals surface area contributed by atoms with Crippen LogP contribution in [0, 0.1) is 0 Å². The van der Waals surface area contributed by atoms with Crippen LogP contribution < -0.4 is 21.2 Å². The number of carbonyl (C=O) groups is 3. The topological polar surface area (TPSA) is 123 Å². The molecule has 0 aliphatic heterocycles. The molecule has 0 unspecified atom stereocenters. The Morgan fingerprint density at radius 2 is 1.78 bits per heavy atom. The molecule has 9 heteroatoms. The van der Waals surface area contributed by atoms with E-state index in [1.165, 1.54) is 6.21 Å². The number of para-hydroxylation sites is 1. The van der Waals surface area contributed by atoms with Crippen LogP contribution >= 0.6 is 11.6 Å². The fraction of sp³-hybridized carbons (Fsp3) is 0.111. The third-order valence-corrected chi connectivity index (χ3v) is 3.48. The molecule has 0 radical (unpaired) electrons. The van der Waals surface area contributed by atoms with E-state index in [-0.39, 0.29) is 13.2 Å². The van der Waals surface area contributed by atoms with Gasteiger partial charge in [0.2, 0.25) is 0 Å². The molecule has 0 atom stereocenters. The van der Waals surface area contributed by atoms with Gasteiger partial charge in [0.25, 0.3) is 5.91 Å². The third kappa shape index (κ3) is 6.79. The molecule has 0 aliphatic carbocycles. The van der Waals surface area contributed by atoms with Gasteiger partial charge in [0.15, 0.2) is 6.61 Å². The fourth-order valence-corrected chi connectivity index (χ4v) is 2.07. The molecule has 0 spiro atoms. The number of benzene rings is 2. The number of carbonyl (C=O) groups excluding carboxylic acids is 3. The van der Waals surface area contributed by atoms with Crippen molar-refractivity contribution in [3.8, 4) is 5.75 Å². The lowest BCUT2D eigenvalue weighted by molar-refractivity contribution is -0.139. The molecule has 3 amide bonds. The number of hydrogen-bond acceptors (Lipinski definition) is 5. The second-order valence-electron chi connectivity index (χ2n) is 5.30. The molecule has 2 rings (SSSR count). The monoisotopic (exact) mass is 388 g/mol. The molecular weight excluding hydrogens is 372 g/mol. The molecule has 0 bridgehead atoms. The maximum absolute atomic E-state index is 11.8. The Kier molecular flexibility index (Phi) is 7.33. The van der Waals surface area contributed by atoms with Gasteiger partial charge in [0, 0.05) is 17.1 Å². The van der Waals surface area contributed by atoms with E-state index >= 15 is 0 Å². The minimum Gasteiger partial charge on any atom is -0.483 e. The summed E-state index contributed by atoms with van der Waals surface area (Å²) in [6, 6.07) is 13.5. The zero-order valence-electron chi connectivity index (χ0n) is 14.1. The van der Waals surface area contributed by atoms with Crippen LogP contribution in [0.5, 0.6) is 5.75 Å². The largest absolute Gasteiger partial charge is 0.483 e. The van der Waals surface area contributed by atoms with E-state index in [0.29, 0.717) is 16.3 Å². The zero-order valence-corrected chi connectivity index (χ0v) is 14.9. The molecule has 2 aromatic carbocycles. The molecule has 27 heavy (non-hydrogen) atoms. The SMILES string of the molecule is NC(=O)COc1ccccc1/C=N\NC(=O)C(=O)NCc1ccc(Cl)cc1. The van der Waals surface area contributed by atoms with E-state index in [2.05, 4.69) is 15.8 Å². The van der Waals surface area contributed by atoms with Crippen molar-refractivity contribution >= 4 is 35.5 Å². The lowest BCUT2D eigenvalue weighted by Crippen LogP contribution is -2.37. The van der Waals surface area contributed by atoms with Crippen molar-refractivity contribution in [2.24, 2.45) is 10.8 Å². The zero-order chi connectivity index (χ0) is 19.6. The first-order valence-corrected chi connectivity index (χ1v) is 8.19. The second-order valence-corrected chi connectivity index (χ2v) is 5.74. The molecule has 140 valence electrons. The van der Waals surface area contributed by atoms with Gasteiger partial charge < -0.3 is 15.8 Å². The first-order chi connectivity index (χ1) is 13.0. The average molecular weight is 389 g/mol. The molecule has 0 aromatic heterocycles. The summed E-state index contributed by atoms with van der Waals surface area (Å²) in [5.74, 6) is -2.01. The summed E-state index contributed by atoms with van der Waals surface area (Å²) in [5, 5.41) is 6.77. The van der Waals surface area contributed by atoms with Crippen LogP contribution in [-0.2, 0) is 20.9 Å². The highest BCUT2D eigenvalue weighted by Crippen LogP contribution is 2.15. The van der Waals surface area contributed by atoms with Crippen molar-refractivity contribution in [1.29, 1.82) is 0 Å². The van der Waals surface area contributed by atoms with E-state index in [9.17, 15) is 14.4 Å². The summed E-state index contributed by atoms with van der Waals surface area (Å²) < 4.78 is 5.23. The molecule has 2 aromatic rings. The predicted octanol–water partition coefficient (Wildman–Crippen LogP) is 0.971. The standard InChI is InChI=1S/C18H17ClN4O4/c19-14-7-5-12(6-8-14)9-21-17(25)18(26)23-22-10-13-3-1-2-4-15(13)27-11-16(20)24/h1-8,10H,9,11H2,(H2,20,24)(H,21,25)(H,23,26)/b22-10-. The Morgan fingerprint density at radius 3 is 2.48 bits per heavy atom. The molecule has 8 nitrogen and oxygen atoms in total. The van der Waals surface area contributed by atoms with Gasteiger partial charge in [-0.25, -0.2) is 5.43 Å². The Labute approximate surface area is 160 Å². The van der Waals surface area contributed by atoms with Gasteiger partial charge >= 0.3 is 11.8 Å². The number of nitrogens with two attached hydrogens (primary N) is 1. The maximum atomic E-state index is 11.8. The number of amides is 3. The van der Waals surface area contributed by atoms with Crippen molar-refractivity contribution in [3.05, 3.63) is 64.7 Å². The van der Waals surface area contributed by atoms with Crippen molar-refractivity contribution in [2.45, 2.75) is 6.54 Å². The van der Waals surface area contributed by atoms with Gasteiger partial charge in [-0.2, -0.15) is 5.10 Å². The number of ether oxygens (including phenoxy) is 1. The first-order valence-electron chi connectivity index (χ1n) is 7.81. The third-order valence-electron chi connectivity index (χ3n) is 3.23. The molecule has 0 heterocycles. The van der Waals surface area contributed by atoms with E-state index in [0.717, 1.165) is 5.56 Å². The van der Waals surface area contributed by atoms with Gasteiger partial charge in [-0.1, -0.05) is 35.9 Å². The summed E-state index contributed by atoms with van der Waals surface area (Å²) in [6.07, 6.45) is 1.29. The quantitative estimate of drug-likeness (QED) is 0.371. The molecule has 0 fully saturated rings. The van der Waals surface area contributed by atoms with Crippen LogP contribution in [0.1, 0.15) is 11.1 Å². The van der Waals surface area contributed by atoms with Crippen LogP contribution in [0.4, 0.5) is 0 Å². The van der Waals surface area contributed by atoms with E-state index in [1.807, 2.05) is 0 Å². The van der Waals surface area contributed by atoms with Crippen molar-refractivity contribution in [3.63, 3.8) is 0 Å². The van der Waals surface area contributed by atoms with Crippen LogP contribution in [0.15, 0.2) is 53.6 Å². The highest BCUT2D eigenvalue weighted by molar-refractivity contribution is 6.35. The highest BCUT2D eigenvalue weighted by atomic mass is 35.5. The predicted molar refractivity (Wildman–Crippen MR) is 100 cm³/mol. The summed E-state index contributed by atoms with van der Waals surface area (Å²) in [4.78, 5) is 34.3. The van der Waals surface area contributed by atoms with Crippen molar-refractivity contribution in [1.82, 2.24) is 10.7 Å². The number of hydrogen-bond donors (Lipinski definition) is 3. The van der Waals surface area contributed by atoms with Gasteiger partial charge in [-0.15, -0.1) is 0 Å². The Morgan fingerprint density at radius 1 is 1.07 bits per heavy atom. The lowest BCUT2D eigenvalue weighted by atomic mass is 10.2. The number of primary amides is 1. The summed E-state index contributed by atoms with van der Waals surface area (Å²) in [6.45, 7) is -0.110. The number of nitrogens with zero attached hydrogens (tertiary/aromatic N) is 1. The Hall–Kier alpha value is -3.39. The summed E-state index contributed by atoms with van der Waals surface area (Å²) >= 11 is 5.78. The van der Waals surface area contributed by atoms with Crippen molar-refractivity contribution in [2.75, 3.05) is 6.61 Å². The number of rotatable bonds is 7. The lowest BCUT2D eigenvalue weighted by Gasteiger charge is -2.07. The molecule has 0 saturated heterocycles. The molecular formula is C18H17ClN4O4. The highest BCUT2D eigenvalue weighted by Gasteiger charge is 2.12. The number of halogens is 1. The fourth-order valence-electron chi connectivity index (χ4n) is 1.94. The van der Waals surface area contributed by atoms with Gasteiger partial charge in [0.1, 0.15) is 5.75 Å². The normalized spacial score (nSPS) is 10.4. The summed E-state index contributed by atoms with van der Waals surface area (Å²) in [5.41, 5.74) is 8.45. The van der Waals surface area contributed by atoms with Crippen LogP contribution in [-0.4, -0.2) is 30.5 Å². The summed E-state index contributed by atoms with van der Waals surface area (Å²) in [7, 11) is 0. The van der Waals surface area contributed by atoms with E-state index in [4.69, 9.17) is 22.1 Å². The molecule has 0 aliphatic rings. The van der Waals surface area contributed by atoms with E-state index < -0.39 is 17.7 Å². The van der Waals surface area contributed by atoms with Crippen LogP contribution in [0.25, 0.3) is 0 Å². The van der Waals surface area contributed by atoms with Crippen molar-refractivity contribution < 1.29 is 19.1 Å². The Bertz CT molecular complexity index is 853. The smallest absolute Gasteiger partial charge is 0.329 e. The number of nitrogens with one attached hydrogen (secondary N) is 2. The Balaban J connectivity index is 1.86. The van der Waals surface area contributed by atoms with Gasteiger partial charge in [0.05, 0.1) is 6.21 Å². The minimum absolute atomic E-state index is 0.178. The average Bonchev–Trinajstić information content (AvgIpc) is 2.66. The van der Waals surface area contributed by atoms with Gasteiger partial charge in [-0.05, 0) is 29.8 Å². The second kappa shape index (κ2) is 9.93.